The summed E-state index contributed by atoms with van der Waals surface area (Å²) < 4.78 is 19.0. The van der Waals surface area contributed by atoms with Gasteiger partial charge < -0.3 is 19.3 Å². The molecule has 3 aromatic heterocycles. The number of nitrogens with one attached hydrogen (secondary N) is 1. The van der Waals surface area contributed by atoms with E-state index >= 15 is 0 Å². The van der Waals surface area contributed by atoms with Crippen molar-refractivity contribution in [2.45, 2.75) is 18.6 Å². The van der Waals surface area contributed by atoms with Crippen LogP contribution in [0, 0.1) is 6.92 Å². The Balaban J connectivity index is 1.76. The molecule has 150 valence electrons. The zero-order valence-corrected chi connectivity index (χ0v) is 16.8. The average Bonchev–Trinajstić information content (AvgIpc) is 3.36. The van der Waals surface area contributed by atoms with Gasteiger partial charge in [0.05, 0.1) is 26.0 Å². The van der Waals surface area contributed by atoms with Crippen molar-refractivity contribution in [2.24, 2.45) is 7.05 Å². The van der Waals surface area contributed by atoms with Gasteiger partial charge in [0.25, 0.3) is 0 Å². The molecule has 0 radical (unpaired) electrons. The summed E-state index contributed by atoms with van der Waals surface area (Å²) in [6.45, 7) is 2.73. The zero-order chi connectivity index (χ0) is 20.1. The van der Waals surface area contributed by atoms with Crippen LogP contribution in [-0.4, -0.2) is 62.2 Å². The number of anilines is 1. The van der Waals surface area contributed by atoms with Crippen LogP contribution >= 0.6 is 11.8 Å². The van der Waals surface area contributed by atoms with E-state index in [1.54, 1.807) is 45.1 Å². The van der Waals surface area contributed by atoms with Crippen molar-refractivity contribution in [3.8, 4) is 17.3 Å². The molecule has 0 fully saturated rings. The summed E-state index contributed by atoms with van der Waals surface area (Å²) in [5.74, 6) is 1.96. The fraction of sp³-hybridized carbons (Fsp3) is 0.438. The Morgan fingerprint density at radius 2 is 2.18 bits per heavy atom. The number of aryl methyl sites for hydroxylation is 2. The number of carbonyl (C=O) groups is 1. The van der Waals surface area contributed by atoms with Crippen molar-refractivity contribution in [3.63, 3.8) is 0 Å². The van der Waals surface area contributed by atoms with Gasteiger partial charge in [0.2, 0.25) is 11.8 Å². The number of amides is 1. The first kappa shape index (κ1) is 19.9. The maximum atomic E-state index is 12.2. The van der Waals surface area contributed by atoms with E-state index < -0.39 is 0 Å². The van der Waals surface area contributed by atoms with Crippen molar-refractivity contribution in [1.82, 2.24) is 29.7 Å². The summed E-state index contributed by atoms with van der Waals surface area (Å²) in [6, 6.07) is 1.65. The van der Waals surface area contributed by atoms with Crippen molar-refractivity contribution in [2.75, 3.05) is 31.9 Å². The third kappa shape index (κ3) is 4.51. The smallest absolute Gasteiger partial charge is 0.243 e. The number of hydrogen-bond acceptors (Lipinski definition) is 9. The van der Waals surface area contributed by atoms with E-state index in [1.807, 2.05) is 4.57 Å². The van der Waals surface area contributed by atoms with Gasteiger partial charge in [-0.1, -0.05) is 16.9 Å². The highest BCUT2D eigenvalue weighted by molar-refractivity contribution is 7.99. The zero-order valence-electron chi connectivity index (χ0n) is 16.0. The molecule has 0 spiro atoms. The van der Waals surface area contributed by atoms with Crippen LogP contribution in [0.5, 0.6) is 5.88 Å². The second-order valence-corrected chi connectivity index (χ2v) is 6.78. The van der Waals surface area contributed by atoms with Gasteiger partial charge in [-0.25, -0.2) is 0 Å². The molecule has 1 amide bonds. The fourth-order valence-electron chi connectivity index (χ4n) is 2.49. The van der Waals surface area contributed by atoms with Crippen LogP contribution in [0.4, 0.5) is 5.82 Å². The molecule has 3 rings (SSSR count). The Morgan fingerprint density at radius 1 is 1.36 bits per heavy atom. The molecule has 3 aromatic rings. The Morgan fingerprint density at radius 3 is 2.86 bits per heavy atom. The standard InChI is InChI=1S/C16H21N7O4S/c1-10-7-12(21-27-10)17-13(24)9-28-16-19-18-14(23(16)5-6-25-3)11-8-22(2)20-15(11)26-4/h7-8H,5-6,9H2,1-4H3,(H,17,21,24). The first-order valence-corrected chi connectivity index (χ1v) is 9.36. The summed E-state index contributed by atoms with van der Waals surface area (Å²) in [6.07, 6.45) is 1.81. The molecule has 3 heterocycles. The number of rotatable bonds is 9. The van der Waals surface area contributed by atoms with Crippen LogP contribution < -0.4 is 10.1 Å². The second kappa shape index (κ2) is 8.89. The lowest BCUT2D eigenvalue weighted by Gasteiger charge is -2.09. The number of thioether (sulfide) groups is 1. The van der Waals surface area contributed by atoms with Gasteiger partial charge in [-0.15, -0.1) is 15.3 Å². The van der Waals surface area contributed by atoms with E-state index in [4.69, 9.17) is 14.0 Å². The molecule has 1 N–H and O–H groups in total. The normalized spacial score (nSPS) is 11.0. The maximum Gasteiger partial charge on any atom is 0.243 e. The minimum atomic E-state index is -0.222. The van der Waals surface area contributed by atoms with E-state index in [-0.39, 0.29) is 11.7 Å². The predicted octanol–water partition coefficient (Wildman–Crippen LogP) is 1.36. The molecular weight excluding hydrogens is 386 g/mol. The number of hydrogen-bond donors (Lipinski definition) is 1. The van der Waals surface area contributed by atoms with Gasteiger partial charge in [-0.05, 0) is 6.92 Å². The molecule has 12 heteroatoms. The summed E-state index contributed by atoms with van der Waals surface area (Å²) >= 11 is 1.26. The molecule has 11 nitrogen and oxygen atoms in total. The van der Waals surface area contributed by atoms with Crippen LogP contribution in [0.2, 0.25) is 0 Å². The van der Waals surface area contributed by atoms with Crippen molar-refractivity contribution < 1.29 is 18.8 Å². The molecule has 28 heavy (non-hydrogen) atoms. The lowest BCUT2D eigenvalue weighted by atomic mass is 10.3. The fourth-order valence-corrected chi connectivity index (χ4v) is 3.25. The van der Waals surface area contributed by atoms with Crippen LogP contribution in [-0.2, 0) is 23.1 Å². The van der Waals surface area contributed by atoms with Crippen LogP contribution in [0.1, 0.15) is 5.76 Å². The second-order valence-electron chi connectivity index (χ2n) is 5.84. The molecule has 0 aliphatic rings. The first-order chi connectivity index (χ1) is 13.5. The topological polar surface area (TPSA) is 122 Å². The van der Waals surface area contributed by atoms with Gasteiger partial charge in [0.1, 0.15) is 11.3 Å². The minimum Gasteiger partial charge on any atom is -0.479 e. The van der Waals surface area contributed by atoms with E-state index in [2.05, 4.69) is 25.8 Å². The first-order valence-electron chi connectivity index (χ1n) is 8.38. The number of ether oxygens (including phenoxy) is 2. The monoisotopic (exact) mass is 407 g/mol. The summed E-state index contributed by atoms with van der Waals surface area (Å²) in [5, 5.41) is 19.8. The van der Waals surface area contributed by atoms with E-state index in [1.165, 1.54) is 11.8 Å². The lowest BCUT2D eigenvalue weighted by molar-refractivity contribution is -0.113. The van der Waals surface area contributed by atoms with Crippen LogP contribution in [0.3, 0.4) is 0 Å². The Hall–Kier alpha value is -2.86. The van der Waals surface area contributed by atoms with Gasteiger partial charge in [-0.3, -0.25) is 14.0 Å². The number of methoxy groups -OCH3 is 2. The highest BCUT2D eigenvalue weighted by Crippen LogP contribution is 2.30. The molecule has 0 atom stereocenters. The van der Waals surface area contributed by atoms with Gasteiger partial charge in [0.15, 0.2) is 16.8 Å². The van der Waals surface area contributed by atoms with Crippen molar-refractivity contribution in [1.29, 1.82) is 0 Å². The molecular formula is C16H21N7O4S. The molecule has 0 saturated heterocycles. The maximum absolute atomic E-state index is 12.2. The van der Waals surface area contributed by atoms with E-state index in [0.29, 0.717) is 47.2 Å². The third-order valence-electron chi connectivity index (χ3n) is 3.69. The Bertz CT molecular complexity index is 949. The van der Waals surface area contributed by atoms with Gasteiger partial charge in [0, 0.05) is 26.4 Å². The number of nitrogens with zero attached hydrogens (tertiary/aromatic N) is 6. The highest BCUT2D eigenvalue weighted by atomic mass is 32.2. The van der Waals surface area contributed by atoms with E-state index in [9.17, 15) is 4.79 Å². The third-order valence-corrected chi connectivity index (χ3v) is 4.66. The Labute approximate surface area is 165 Å². The largest absolute Gasteiger partial charge is 0.479 e. The molecule has 0 aliphatic carbocycles. The van der Waals surface area contributed by atoms with Crippen molar-refractivity contribution in [3.05, 3.63) is 18.0 Å². The Kier molecular flexibility index (Phi) is 6.31. The molecule has 0 aliphatic heterocycles. The molecule has 0 saturated carbocycles. The SMILES string of the molecule is COCCn1c(SCC(=O)Nc2cc(C)on2)nnc1-c1cn(C)nc1OC. The summed E-state index contributed by atoms with van der Waals surface area (Å²) in [4.78, 5) is 12.2. The van der Waals surface area contributed by atoms with Gasteiger partial charge >= 0.3 is 0 Å². The molecule has 0 aromatic carbocycles. The van der Waals surface area contributed by atoms with Crippen LogP contribution in [0.15, 0.2) is 21.9 Å². The number of aromatic nitrogens is 6. The average molecular weight is 407 g/mol. The van der Waals surface area contributed by atoms with Crippen LogP contribution in [0.25, 0.3) is 11.4 Å². The number of carbonyl (C=O) groups excluding carboxylic acids is 1. The molecule has 0 unspecified atom stereocenters. The molecule has 0 bridgehead atoms. The highest BCUT2D eigenvalue weighted by Gasteiger charge is 2.21. The summed E-state index contributed by atoms with van der Waals surface area (Å²) in [5.41, 5.74) is 0.711. The quantitative estimate of drug-likeness (QED) is 0.524. The van der Waals surface area contributed by atoms with E-state index in [0.717, 1.165) is 0 Å². The van der Waals surface area contributed by atoms with Crippen molar-refractivity contribution >= 4 is 23.5 Å². The summed E-state index contributed by atoms with van der Waals surface area (Å²) in [7, 11) is 4.97. The predicted molar refractivity (Wildman–Crippen MR) is 101 cm³/mol. The lowest BCUT2D eigenvalue weighted by Crippen LogP contribution is -2.15. The van der Waals surface area contributed by atoms with Gasteiger partial charge in [-0.2, -0.15) is 0 Å². The minimum absolute atomic E-state index is 0.140.